The molecule has 3 rings (SSSR count). The van der Waals surface area contributed by atoms with Crippen LogP contribution < -0.4 is 10.6 Å². The zero-order valence-corrected chi connectivity index (χ0v) is 21.9. The molecular weight excluding hydrogens is 521 g/mol. The predicted octanol–water partition coefficient (Wildman–Crippen LogP) is 3.68. The van der Waals surface area contributed by atoms with E-state index < -0.39 is 0 Å². The Bertz CT molecular complexity index is 857. The van der Waals surface area contributed by atoms with Gasteiger partial charge in [-0.2, -0.15) is 0 Å². The van der Waals surface area contributed by atoms with Gasteiger partial charge in [-0.3, -0.25) is 9.79 Å². The Morgan fingerprint density at radius 2 is 1.94 bits per heavy atom. The van der Waals surface area contributed by atoms with Crippen molar-refractivity contribution in [3.05, 3.63) is 51.0 Å². The lowest BCUT2D eigenvalue weighted by atomic mass is 10.0. The molecule has 6 nitrogen and oxygen atoms in total. The SMILES string of the molecule is CN=C(NCCCc1nc2c(s1)CCCC2)NCCc1cccc(C(=O)N(C)C)c1.I. The molecule has 0 aliphatic heterocycles. The molecule has 0 radical (unpaired) electrons. The Balaban J connectivity index is 0.00000341. The first kappa shape index (κ1) is 25.6. The predicted molar refractivity (Wildman–Crippen MR) is 140 cm³/mol. The summed E-state index contributed by atoms with van der Waals surface area (Å²) in [6.07, 6.45) is 7.88. The Labute approximate surface area is 207 Å². The van der Waals surface area contributed by atoms with Gasteiger partial charge in [0.25, 0.3) is 5.91 Å². The Morgan fingerprint density at radius 1 is 1.16 bits per heavy atom. The monoisotopic (exact) mass is 555 g/mol. The van der Waals surface area contributed by atoms with Gasteiger partial charge in [0.15, 0.2) is 5.96 Å². The maximum absolute atomic E-state index is 12.1. The topological polar surface area (TPSA) is 69.6 Å². The molecular formula is C23H34IN5OS. The summed E-state index contributed by atoms with van der Waals surface area (Å²) >= 11 is 1.90. The summed E-state index contributed by atoms with van der Waals surface area (Å²) in [5.74, 6) is 0.845. The van der Waals surface area contributed by atoms with Gasteiger partial charge in [0.1, 0.15) is 0 Å². The van der Waals surface area contributed by atoms with E-state index in [0.29, 0.717) is 0 Å². The number of carbonyl (C=O) groups is 1. The van der Waals surface area contributed by atoms with Crippen molar-refractivity contribution in [2.75, 3.05) is 34.2 Å². The molecule has 8 heteroatoms. The van der Waals surface area contributed by atoms with E-state index in [9.17, 15) is 4.79 Å². The van der Waals surface area contributed by atoms with Gasteiger partial charge in [-0.1, -0.05) is 12.1 Å². The number of fused-ring (bicyclic) bond motifs is 1. The van der Waals surface area contributed by atoms with Crippen molar-refractivity contribution < 1.29 is 4.79 Å². The maximum Gasteiger partial charge on any atom is 0.253 e. The van der Waals surface area contributed by atoms with Crippen LogP contribution >= 0.6 is 35.3 Å². The molecule has 0 saturated heterocycles. The molecule has 0 saturated carbocycles. The lowest BCUT2D eigenvalue weighted by molar-refractivity contribution is 0.0827. The van der Waals surface area contributed by atoms with Gasteiger partial charge in [0, 0.05) is 51.1 Å². The summed E-state index contributed by atoms with van der Waals surface area (Å²) in [7, 11) is 5.34. The number of hydrogen-bond donors (Lipinski definition) is 2. The standard InChI is InChI=1S/C23H33N5OS.HI/c1-24-23(25-14-7-12-21-27-19-10-4-5-11-20(19)30-21)26-15-13-17-8-6-9-18(16-17)22(29)28(2)3;/h6,8-9,16H,4-5,7,10-15H2,1-3H3,(H2,24,25,26);1H. The zero-order chi connectivity index (χ0) is 21.3. The third-order valence-electron chi connectivity index (χ3n) is 5.26. The van der Waals surface area contributed by atoms with Crippen LogP contribution in [0.3, 0.4) is 0 Å². The van der Waals surface area contributed by atoms with E-state index in [1.54, 1.807) is 26.0 Å². The van der Waals surface area contributed by atoms with Crippen molar-refractivity contribution in [1.82, 2.24) is 20.5 Å². The minimum atomic E-state index is 0. The van der Waals surface area contributed by atoms with Gasteiger partial charge in [-0.25, -0.2) is 4.98 Å². The van der Waals surface area contributed by atoms with Gasteiger partial charge in [0.2, 0.25) is 0 Å². The normalized spacial score (nSPS) is 13.2. The van der Waals surface area contributed by atoms with Gasteiger partial charge in [-0.15, -0.1) is 35.3 Å². The van der Waals surface area contributed by atoms with Gasteiger partial charge < -0.3 is 15.5 Å². The highest BCUT2D eigenvalue weighted by molar-refractivity contribution is 14.0. The van der Waals surface area contributed by atoms with E-state index in [2.05, 4.69) is 21.7 Å². The summed E-state index contributed by atoms with van der Waals surface area (Å²) < 4.78 is 0. The molecule has 0 atom stereocenters. The first-order valence-corrected chi connectivity index (χ1v) is 11.6. The third kappa shape index (κ3) is 7.75. The number of aryl methyl sites for hydroxylation is 3. The van der Waals surface area contributed by atoms with Crippen LogP contribution in [0.25, 0.3) is 0 Å². The maximum atomic E-state index is 12.1. The second-order valence-corrected chi connectivity index (χ2v) is 9.03. The van der Waals surface area contributed by atoms with E-state index in [1.165, 1.54) is 34.8 Å². The molecule has 170 valence electrons. The zero-order valence-electron chi connectivity index (χ0n) is 18.7. The molecule has 1 amide bonds. The fourth-order valence-corrected chi connectivity index (χ4v) is 4.82. The Hall–Kier alpha value is -1.68. The number of benzene rings is 1. The summed E-state index contributed by atoms with van der Waals surface area (Å²) in [5.41, 5.74) is 3.21. The fraction of sp³-hybridized carbons (Fsp3) is 0.522. The van der Waals surface area contributed by atoms with Crippen LogP contribution in [0.5, 0.6) is 0 Å². The second-order valence-electron chi connectivity index (χ2n) is 7.86. The molecule has 0 bridgehead atoms. The number of carbonyl (C=O) groups excluding carboxylic acids is 1. The van der Waals surface area contributed by atoms with Crippen LogP contribution in [0.4, 0.5) is 0 Å². The van der Waals surface area contributed by atoms with Crippen molar-refractivity contribution in [2.45, 2.75) is 44.9 Å². The van der Waals surface area contributed by atoms with Crippen LogP contribution in [0, 0.1) is 0 Å². The van der Waals surface area contributed by atoms with E-state index >= 15 is 0 Å². The fourth-order valence-electron chi connectivity index (χ4n) is 3.62. The largest absolute Gasteiger partial charge is 0.356 e. The molecule has 1 aromatic heterocycles. The van der Waals surface area contributed by atoms with Crippen molar-refractivity contribution in [2.24, 2.45) is 4.99 Å². The second kappa shape index (κ2) is 13.0. The summed E-state index contributed by atoms with van der Waals surface area (Å²) in [6, 6.07) is 7.82. The van der Waals surface area contributed by atoms with E-state index in [0.717, 1.165) is 55.9 Å². The number of nitrogens with zero attached hydrogens (tertiary/aromatic N) is 3. The van der Waals surface area contributed by atoms with Gasteiger partial charge in [-0.05, 0) is 56.2 Å². The molecule has 0 spiro atoms. The number of aromatic nitrogens is 1. The number of halogens is 1. The minimum absolute atomic E-state index is 0. The number of thiazole rings is 1. The average molecular weight is 556 g/mol. The van der Waals surface area contributed by atoms with Gasteiger partial charge in [0.05, 0.1) is 10.7 Å². The van der Waals surface area contributed by atoms with E-state index in [4.69, 9.17) is 4.98 Å². The number of hydrogen-bond acceptors (Lipinski definition) is 4. The first-order chi connectivity index (χ1) is 14.6. The van der Waals surface area contributed by atoms with Gasteiger partial charge >= 0.3 is 0 Å². The van der Waals surface area contributed by atoms with Crippen molar-refractivity contribution in [1.29, 1.82) is 0 Å². The quantitative estimate of drug-likeness (QED) is 0.226. The number of amides is 1. The molecule has 1 heterocycles. The highest BCUT2D eigenvalue weighted by Gasteiger charge is 2.14. The lowest BCUT2D eigenvalue weighted by Crippen LogP contribution is -2.38. The molecule has 2 aromatic rings. The summed E-state index contributed by atoms with van der Waals surface area (Å²) in [4.78, 5) is 24.3. The molecule has 0 fully saturated rings. The average Bonchev–Trinajstić information content (AvgIpc) is 3.18. The Kier molecular flexibility index (Phi) is 10.7. The molecule has 0 unspecified atom stereocenters. The summed E-state index contributed by atoms with van der Waals surface area (Å²) in [5, 5.41) is 8.02. The molecule has 1 aliphatic carbocycles. The van der Waals surface area contributed by atoms with Crippen LogP contribution in [-0.4, -0.2) is 56.0 Å². The number of nitrogens with one attached hydrogen (secondary N) is 2. The number of aliphatic imine (C=N–C) groups is 1. The van der Waals surface area contributed by atoms with Crippen molar-refractivity contribution in [3.8, 4) is 0 Å². The molecule has 2 N–H and O–H groups in total. The molecule has 1 aliphatic rings. The van der Waals surface area contributed by atoms with E-state index in [-0.39, 0.29) is 29.9 Å². The van der Waals surface area contributed by atoms with Crippen molar-refractivity contribution >= 4 is 47.2 Å². The van der Waals surface area contributed by atoms with Crippen LogP contribution in [0.15, 0.2) is 29.3 Å². The Morgan fingerprint density at radius 3 is 2.68 bits per heavy atom. The van der Waals surface area contributed by atoms with Crippen LogP contribution in [-0.2, 0) is 25.7 Å². The summed E-state index contributed by atoms with van der Waals surface area (Å²) in [6.45, 7) is 1.63. The number of rotatable bonds is 8. The van der Waals surface area contributed by atoms with Crippen LogP contribution in [0.1, 0.15) is 50.8 Å². The minimum Gasteiger partial charge on any atom is -0.356 e. The van der Waals surface area contributed by atoms with Crippen molar-refractivity contribution in [3.63, 3.8) is 0 Å². The van der Waals surface area contributed by atoms with Crippen LogP contribution in [0.2, 0.25) is 0 Å². The molecule has 31 heavy (non-hydrogen) atoms. The van der Waals surface area contributed by atoms with E-state index in [1.807, 2.05) is 29.5 Å². The third-order valence-corrected chi connectivity index (χ3v) is 6.48. The first-order valence-electron chi connectivity index (χ1n) is 10.8. The highest BCUT2D eigenvalue weighted by Crippen LogP contribution is 2.27. The highest BCUT2D eigenvalue weighted by atomic mass is 127. The number of guanidine groups is 1. The lowest BCUT2D eigenvalue weighted by Gasteiger charge is -2.13. The smallest absolute Gasteiger partial charge is 0.253 e. The molecule has 1 aromatic carbocycles.